The summed E-state index contributed by atoms with van der Waals surface area (Å²) >= 11 is 6.26. The molecule has 5 aromatic rings. The number of anilines is 1. The number of pyridine rings is 1. The maximum atomic E-state index is 14.1. The second kappa shape index (κ2) is 18.4. The molecule has 1 atom stereocenters. The lowest BCUT2D eigenvalue weighted by molar-refractivity contribution is -0.385. The lowest BCUT2D eigenvalue weighted by atomic mass is 9.72. The molecule has 1 amide bonds. The van der Waals surface area contributed by atoms with E-state index in [1.54, 1.807) is 30.5 Å². The highest BCUT2D eigenvalue weighted by atomic mass is 35.5. The van der Waals surface area contributed by atoms with Gasteiger partial charge in [-0.2, -0.15) is 0 Å². The van der Waals surface area contributed by atoms with Gasteiger partial charge in [-0.1, -0.05) is 43.2 Å². The summed E-state index contributed by atoms with van der Waals surface area (Å²) in [6.07, 6.45) is 9.63. The molecule has 4 heterocycles. The fourth-order valence-corrected chi connectivity index (χ4v) is 11.3. The van der Waals surface area contributed by atoms with Gasteiger partial charge < -0.3 is 24.6 Å². The van der Waals surface area contributed by atoms with Crippen molar-refractivity contribution in [2.24, 2.45) is 11.3 Å². The molecule has 0 unspecified atom stereocenters. The molecule has 348 valence electrons. The van der Waals surface area contributed by atoms with E-state index >= 15 is 0 Å². The fraction of sp³-hybridized carbons (Fsp3) is 0.440. The monoisotopic (exact) mass is 935 g/mol. The predicted octanol–water partition coefficient (Wildman–Crippen LogP) is 8.77. The number of aromatic nitrogens is 2. The summed E-state index contributed by atoms with van der Waals surface area (Å²) in [5.74, 6) is -0.330. The number of ether oxygens (including phenoxy) is 1. The zero-order chi connectivity index (χ0) is 46.4. The van der Waals surface area contributed by atoms with Crippen molar-refractivity contribution in [2.45, 2.75) is 82.6 Å². The van der Waals surface area contributed by atoms with Crippen LogP contribution in [0.25, 0.3) is 16.6 Å². The van der Waals surface area contributed by atoms with Crippen LogP contribution in [0.2, 0.25) is 5.02 Å². The molecule has 9 rings (SSSR count). The van der Waals surface area contributed by atoms with Crippen LogP contribution in [0.4, 0.5) is 11.4 Å². The third kappa shape index (κ3) is 10.3. The first-order chi connectivity index (χ1) is 31.5. The molecule has 2 aromatic heterocycles. The Bertz CT molecular complexity index is 2790. The summed E-state index contributed by atoms with van der Waals surface area (Å²) < 4.78 is 36.6. The second-order valence-electron chi connectivity index (χ2n) is 19.7. The standard InChI is InChI=1S/C50H58ClN7O7S/c1-49(2)13-10-36(44(30-49)34-4-6-38(51)7-5-34)32-56-20-22-57(23-21-56)39-8-9-42(46(28-39)65-40-26-35-11-16-52-47(35)53-31-40)48(59)54-66(63,64)41-27-37-24-33(25-43(37)45(29-41)58(61)62)12-17-55-18-14-50(3,60)15-19-55/h4-9,11,16,26-29,31,33,60H,10,12-15,17-25,30,32H2,1-3H3,(H,52,53)(H,54,59)/t33-/m1/s1. The van der Waals surface area contributed by atoms with Crippen molar-refractivity contribution in [2.75, 3.05) is 57.3 Å². The van der Waals surface area contributed by atoms with E-state index in [1.807, 2.05) is 25.1 Å². The van der Waals surface area contributed by atoms with Crippen LogP contribution >= 0.6 is 11.6 Å². The Labute approximate surface area is 391 Å². The van der Waals surface area contributed by atoms with E-state index in [0.29, 0.717) is 48.2 Å². The number of allylic oxidation sites excluding steroid dienone is 1. The molecule has 0 radical (unpaired) electrons. The molecule has 3 aromatic carbocycles. The first-order valence-corrected chi connectivity index (χ1v) is 24.8. The van der Waals surface area contributed by atoms with Gasteiger partial charge in [-0.15, -0.1) is 0 Å². The van der Waals surface area contributed by atoms with Gasteiger partial charge in [-0.3, -0.25) is 19.8 Å². The quantitative estimate of drug-likeness (QED) is 0.0761. The minimum absolute atomic E-state index is 0.0213. The summed E-state index contributed by atoms with van der Waals surface area (Å²) in [5, 5.41) is 24.2. The molecule has 2 fully saturated rings. The highest BCUT2D eigenvalue weighted by Gasteiger charge is 2.35. The smallest absolute Gasteiger partial charge is 0.274 e. The number of halogens is 1. The molecular weight excluding hydrogens is 878 g/mol. The summed E-state index contributed by atoms with van der Waals surface area (Å²) in [4.78, 5) is 40.1. The second-order valence-corrected chi connectivity index (χ2v) is 21.9. The maximum Gasteiger partial charge on any atom is 0.274 e. The molecule has 3 N–H and O–H groups in total. The number of nitro benzene ring substituents is 1. The number of nitrogens with one attached hydrogen (secondary N) is 2. The van der Waals surface area contributed by atoms with E-state index in [-0.39, 0.29) is 33.2 Å². The topological polar surface area (TPSA) is 174 Å². The van der Waals surface area contributed by atoms with Crippen LogP contribution in [0.3, 0.4) is 0 Å². The van der Waals surface area contributed by atoms with Gasteiger partial charge in [0.1, 0.15) is 17.1 Å². The Kier molecular flexibility index (Phi) is 12.8. The van der Waals surface area contributed by atoms with E-state index in [2.05, 4.69) is 55.4 Å². The number of fused-ring (bicyclic) bond motifs is 2. The van der Waals surface area contributed by atoms with Gasteiger partial charge in [0.15, 0.2) is 0 Å². The number of likely N-dealkylation sites (tertiary alicyclic amines) is 1. The lowest BCUT2D eigenvalue weighted by Gasteiger charge is -2.39. The van der Waals surface area contributed by atoms with Gasteiger partial charge in [0.05, 0.1) is 27.2 Å². The van der Waals surface area contributed by atoms with Crippen molar-refractivity contribution >= 4 is 55.5 Å². The maximum absolute atomic E-state index is 14.1. The van der Waals surface area contributed by atoms with Crippen molar-refractivity contribution in [3.05, 3.63) is 122 Å². The highest BCUT2D eigenvalue weighted by Crippen LogP contribution is 2.44. The fourth-order valence-electron chi connectivity index (χ4n) is 10.1. The molecule has 0 saturated carbocycles. The number of nitro groups is 1. The van der Waals surface area contributed by atoms with Crippen LogP contribution in [-0.4, -0.2) is 102 Å². The Balaban J connectivity index is 0.920. The molecular formula is C50H58ClN7O7S. The van der Waals surface area contributed by atoms with Crippen LogP contribution in [0, 0.1) is 21.4 Å². The summed E-state index contributed by atoms with van der Waals surface area (Å²) in [6.45, 7) is 12.9. The van der Waals surface area contributed by atoms with E-state index in [0.717, 1.165) is 100 Å². The lowest BCUT2D eigenvalue weighted by Crippen LogP contribution is -2.47. The van der Waals surface area contributed by atoms with Crippen LogP contribution in [0.1, 0.15) is 86.3 Å². The molecule has 2 aliphatic heterocycles. The summed E-state index contributed by atoms with van der Waals surface area (Å²) in [7, 11) is -4.57. The molecule has 66 heavy (non-hydrogen) atoms. The number of piperazine rings is 1. The number of rotatable bonds is 13. The Morgan fingerprint density at radius 3 is 2.47 bits per heavy atom. The van der Waals surface area contributed by atoms with E-state index in [1.165, 1.54) is 29.0 Å². The van der Waals surface area contributed by atoms with Crippen molar-refractivity contribution in [3.8, 4) is 11.5 Å². The summed E-state index contributed by atoms with van der Waals surface area (Å²) in [6, 6.07) is 19.5. The number of nitrogens with zero attached hydrogens (tertiary/aromatic N) is 5. The van der Waals surface area contributed by atoms with Gasteiger partial charge in [0.25, 0.3) is 21.6 Å². The minimum Gasteiger partial charge on any atom is -0.455 e. The average Bonchev–Trinajstić information content (AvgIpc) is 3.93. The minimum atomic E-state index is -4.57. The number of carbonyl (C=O) groups excluding carboxylic acids is 1. The number of hydrogen-bond donors (Lipinski definition) is 3. The molecule has 0 spiro atoms. The van der Waals surface area contributed by atoms with Crippen molar-refractivity contribution < 1.29 is 28.0 Å². The molecule has 14 nitrogen and oxygen atoms in total. The first kappa shape index (κ1) is 45.8. The molecule has 2 saturated heterocycles. The van der Waals surface area contributed by atoms with Crippen molar-refractivity contribution in [1.29, 1.82) is 0 Å². The molecule has 4 aliphatic rings. The van der Waals surface area contributed by atoms with E-state index < -0.39 is 26.5 Å². The number of hydrogen-bond acceptors (Lipinski definition) is 11. The van der Waals surface area contributed by atoms with Gasteiger partial charge in [0.2, 0.25) is 0 Å². The summed E-state index contributed by atoms with van der Waals surface area (Å²) in [5.41, 5.74) is 6.02. The van der Waals surface area contributed by atoms with Crippen molar-refractivity contribution in [3.63, 3.8) is 0 Å². The molecule has 0 bridgehead atoms. The zero-order valence-corrected chi connectivity index (χ0v) is 39.4. The third-order valence-corrected chi connectivity index (χ3v) is 15.7. The Morgan fingerprint density at radius 2 is 1.73 bits per heavy atom. The van der Waals surface area contributed by atoms with Gasteiger partial charge in [-0.25, -0.2) is 18.1 Å². The first-order valence-electron chi connectivity index (χ1n) is 23.0. The number of amides is 1. The molecule has 16 heteroatoms. The Morgan fingerprint density at radius 1 is 0.970 bits per heavy atom. The van der Waals surface area contributed by atoms with Crippen LogP contribution in [-0.2, 0) is 22.9 Å². The SMILES string of the molecule is CC1(C)CCC(CN2CCN(c3ccc(C(=O)NS(=O)(=O)c4cc5c(c([N+](=O)[O-])c4)C[C@H](CCN4CCC(C)(O)CC4)C5)c(Oc4cnc5[nH]ccc5c4)c3)CC2)=C(c2ccc(Cl)cc2)C1. The normalized spacial score (nSPS) is 20.1. The number of aliphatic hydroxyl groups is 1. The highest BCUT2D eigenvalue weighted by molar-refractivity contribution is 7.90. The number of aromatic amines is 1. The largest absolute Gasteiger partial charge is 0.455 e. The van der Waals surface area contributed by atoms with E-state index in [9.17, 15) is 28.4 Å². The number of piperidine rings is 1. The number of carbonyl (C=O) groups is 1. The zero-order valence-electron chi connectivity index (χ0n) is 37.8. The van der Waals surface area contributed by atoms with Crippen LogP contribution in [0.5, 0.6) is 11.5 Å². The van der Waals surface area contributed by atoms with Gasteiger partial charge in [0, 0.05) is 85.8 Å². The Hall–Kier alpha value is -5.32. The number of H-pyrrole nitrogens is 1. The predicted molar refractivity (Wildman–Crippen MR) is 257 cm³/mol. The van der Waals surface area contributed by atoms with Gasteiger partial charge in [-0.05, 0) is 135 Å². The van der Waals surface area contributed by atoms with Crippen molar-refractivity contribution in [1.82, 2.24) is 24.5 Å². The average molecular weight is 937 g/mol. The van der Waals surface area contributed by atoms with Crippen LogP contribution < -0.4 is 14.4 Å². The van der Waals surface area contributed by atoms with Gasteiger partial charge >= 0.3 is 0 Å². The number of sulfonamides is 1. The van der Waals surface area contributed by atoms with E-state index in [4.69, 9.17) is 16.3 Å². The number of benzene rings is 3. The van der Waals surface area contributed by atoms with Crippen LogP contribution in [0.15, 0.2) is 89.6 Å². The third-order valence-electron chi connectivity index (χ3n) is 14.2. The molecule has 2 aliphatic carbocycles.